The number of nitrogens with one attached hydrogen (secondary N) is 1. The third kappa shape index (κ3) is 6.30. The van der Waals surface area contributed by atoms with E-state index in [2.05, 4.69) is 51.1 Å². The first-order chi connectivity index (χ1) is 20.6. The van der Waals surface area contributed by atoms with Gasteiger partial charge in [0.05, 0.1) is 29.3 Å². The average Bonchev–Trinajstić information content (AvgIpc) is 3.08. The summed E-state index contributed by atoms with van der Waals surface area (Å²) in [7, 11) is 0.881. The van der Waals surface area contributed by atoms with E-state index in [1.165, 1.54) is 5.56 Å². The third-order valence-electron chi connectivity index (χ3n) is 9.02. The molecule has 5 heterocycles. The fraction of sp³-hybridized carbons (Fsp3) is 0.581. The van der Waals surface area contributed by atoms with Crippen LogP contribution in [0.1, 0.15) is 48.5 Å². The number of fused-ring (bicyclic) bond motifs is 2. The number of piperidine rings is 1. The number of aryl methyl sites for hydroxylation is 1. The number of sulfone groups is 1. The second-order valence-corrected chi connectivity index (χ2v) is 14.7. The highest BCUT2D eigenvalue weighted by molar-refractivity contribution is 7.91. The third-order valence-corrected chi connectivity index (χ3v) is 10.6. The molecule has 0 radical (unpaired) electrons. The SMILES string of the molecule is Cc1cc(C2CCN(C3CN(C(=O)C#CCN(C)C)C3)CC2)cc2c1O[C@H](C)c1c(ncnc1N1CCS(=O)(=O)CC1)N2. The first kappa shape index (κ1) is 29.7. The van der Waals surface area contributed by atoms with Gasteiger partial charge in [-0.05, 0) is 82.9 Å². The van der Waals surface area contributed by atoms with E-state index in [4.69, 9.17) is 4.74 Å². The summed E-state index contributed by atoms with van der Waals surface area (Å²) < 4.78 is 30.6. The number of hydrogen-bond donors (Lipinski definition) is 1. The maximum Gasteiger partial charge on any atom is 0.298 e. The molecule has 0 saturated carbocycles. The number of carbonyl (C=O) groups excluding carboxylic acids is 1. The molecule has 6 rings (SSSR count). The molecule has 2 aromatic rings. The van der Waals surface area contributed by atoms with Gasteiger partial charge in [-0.1, -0.05) is 12.0 Å². The second-order valence-electron chi connectivity index (χ2n) is 12.4. The lowest BCUT2D eigenvalue weighted by Crippen LogP contribution is -2.61. The van der Waals surface area contributed by atoms with E-state index in [0.717, 1.165) is 67.4 Å². The van der Waals surface area contributed by atoms with Gasteiger partial charge in [0.1, 0.15) is 29.8 Å². The average molecular weight is 608 g/mol. The number of nitrogens with zero attached hydrogens (tertiary/aromatic N) is 6. The van der Waals surface area contributed by atoms with Crippen LogP contribution in [-0.4, -0.2) is 116 Å². The lowest BCUT2D eigenvalue weighted by Gasteiger charge is -2.47. The van der Waals surface area contributed by atoms with Crippen LogP contribution < -0.4 is 15.0 Å². The van der Waals surface area contributed by atoms with E-state index in [9.17, 15) is 13.2 Å². The molecule has 0 unspecified atom stereocenters. The van der Waals surface area contributed by atoms with Gasteiger partial charge >= 0.3 is 0 Å². The molecule has 1 atom stereocenters. The minimum atomic E-state index is -3.01. The summed E-state index contributed by atoms with van der Waals surface area (Å²) in [5.74, 6) is 8.56. The number of rotatable bonds is 4. The molecule has 0 bridgehead atoms. The highest BCUT2D eigenvalue weighted by atomic mass is 32.2. The number of aromatic nitrogens is 2. The van der Waals surface area contributed by atoms with Crippen LogP contribution >= 0.6 is 0 Å². The van der Waals surface area contributed by atoms with Gasteiger partial charge in [0.2, 0.25) is 0 Å². The number of carbonyl (C=O) groups is 1. The molecular weight excluding hydrogens is 566 g/mol. The van der Waals surface area contributed by atoms with E-state index in [-0.39, 0.29) is 23.5 Å². The highest BCUT2D eigenvalue weighted by Gasteiger charge is 2.37. The molecule has 11 nitrogen and oxygen atoms in total. The molecule has 0 spiro atoms. The van der Waals surface area contributed by atoms with Crippen molar-refractivity contribution in [3.05, 3.63) is 35.2 Å². The van der Waals surface area contributed by atoms with Crippen LogP contribution in [0.2, 0.25) is 0 Å². The molecule has 1 N–H and O–H groups in total. The van der Waals surface area contributed by atoms with Gasteiger partial charge in [-0.25, -0.2) is 18.4 Å². The van der Waals surface area contributed by atoms with Crippen LogP contribution in [-0.2, 0) is 14.6 Å². The van der Waals surface area contributed by atoms with Crippen molar-refractivity contribution in [1.82, 2.24) is 24.7 Å². The van der Waals surface area contributed by atoms with Crippen LogP contribution in [0.5, 0.6) is 5.75 Å². The Kier molecular flexibility index (Phi) is 8.24. The normalized spacial score (nSPS) is 22.3. The largest absolute Gasteiger partial charge is 0.483 e. The minimum Gasteiger partial charge on any atom is -0.483 e. The summed E-state index contributed by atoms with van der Waals surface area (Å²) in [6.45, 7) is 9.02. The Labute approximate surface area is 254 Å². The van der Waals surface area contributed by atoms with Gasteiger partial charge < -0.3 is 19.9 Å². The van der Waals surface area contributed by atoms with Crippen LogP contribution in [0.4, 0.5) is 17.3 Å². The summed E-state index contributed by atoms with van der Waals surface area (Å²) in [5.41, 5.74) is 4.12. The highest BCUT2D eigenvalue weighted by Crippen LogP contribution is 2.45. The van der Waals surface area contributed by atoms with Gasteiger partial charge in [0.25, 0.3) is 5.91 Å². The number of amides is 1. The molecule has 0 aliphatic carbocycles. The summed E-state index contributed by atoms with van der Waals surface area (Å²) >= 11 is 0. The van der Waals surface area contributed by atoms with Gasteiger partial charge in [-0.2, -0.15) is 0 Å². The maximum atomic E-state index is 12.3. The first-order valence-corrected chi connectivity index (χ1v) is 16.9. The minimum absolute atomic E-state index is 0.0692. The fourth-order valence-corrected chi connectivity index (χ4v) is 7.69. The van der Waals surface area contributed by atoms with Gasteiger partial charge in [0.15, 0.2) is 9.84 Å². The monoisotopic (exact) mass is 607 g/mol. The Hall–Kier alpha value is -3.40. The predicted octanol–water partition coefficient (Wildman–Crippen LogP) is 2.17. The molecule has 3 saturated heterocycles. The van der Waals surface area contributed by atoms with E-state index < -0.39 is 9.84 Å². The number of benzene rings is 1. The number of likely N-dealkylation sites (tertiary alicyclic amines) is 2. The lowest BCUT2D eigenvalue weighted by molar-refractivity contribution is -0.132. The maximum absolute atomic E-state index is 12.3. The smallest absolute Gasteiger partial charge is 0.298 e. The van der Waals surface area contributed by atoms with Crippen molar-refractivity contribution in [2.75, 3.05) is 81.6 Å². The zero-order valence-corrected chi connectivity index (χ0v) is 26.3. The molecule has 4 aliphatic heterocycles. The topological polar surface area (TPSA) is 111 Å². The quantitative estimate of drug-likeness (QED) is 0.520. The molecule has 12 heteroatoms. The number of hydrogen-bond acceptors (Lipinski definition) is 10. The summed E-state index contributed by atoms with van der Waals surface area (Å²) in [6, 6.07) is 4.87. The van der Waals surface area contributed by atoms with Crippen molar-refractivity contribution < 1.29 is 17.9 Å². The second kappa shape index (κ2) is 11.9. The molecular formula is C31H41N7O4S. The Morgan fingerprint density at radius 2 is 1.84 bits per heavy atom. The van der Waals surface area contributed by atoms with Crippen LogP contribution in [0.25, 0.3) is 0 Å². The Morgan fingerprint density at radius 1 is 1.12 bits per heavy atom. The van der Waals surface area contributed by atoms with E-state index in [1.807, 2.05) is 35.7 Å². The number of anilines is 3. The zero-order chi connectivity index (χ0) is 30.3. The predicted molar refractivity (Wildman–Crippen MR) is 167 cm³/mol. The molecule has 43 heavy (non-hydrogen) atoms. The van der Waals surface area contributed by atoms with Gasteiger partial charge in [-0.3, -0.25) is 14.6 Å². The van der Waals surface area contributed by atoms with E-state index >= 15 is 0 Å². The van der Waals surface area contributed by atoms with Crippen molar-refractivity contribution in [1.29, 1.82) is 0 Å². The van der Waals surface area contributed by atoms with Crippen molar-refractivity contribution in [3.63, 3.8) is 0 Å². The zero-order valence-electron chi connectivity index (χ0n) is 25.5. The van der Waals surface area contributed by atoms with Crippen molar-refractivity contribution in [3.8, 4) is 17.6 Å². The standard InChI is InChI=1S/C31H41N7O4S/c1-21-16-24(23-7-10-36(11-8-23)25-18-38(19-25)27(39)6-5-9-35(3)4)17-26-29(21)42-22(2)28-30(34-26)32-20-33-31(28)37-12-14-43(40,41)15-13-37/h16-17,20,22-23,25H,7-15,18-19H2,1-4H3,(H,32,33,34)/t22-/m1/s1. The fourth-order valence-electron chi connectivity index (χ4n) is 6.49. The van der Waals surface area contributed by atoms with Crippen LogP contribution in [0, 0.1) is 18.8 Å². The summed E-state index contributed by atoms with van der Waals surface area (Å²) in [5, 5.41) is 3.55. The van der Waals surface area contributed by atoms with Crippen molar-refractivity contribution >= 4 is 33.1 Å². The summed E-state index contributed by atoms with van der Waals surface area (Å²) in [4.78, 5) is 29.8. The molecule has 1 aromatic heterocycles. The van der Waals surface area contributed by atoms with Crippen LogP contribution in [0.3, 0.4) is 0 Å². The summed E-state index contributed by atoms with van der Waals surface area (Å²) in [6.07, 6.45) is 3.35. The molecule has 1 aromatic carbocycles. The lowest BCUT2D eigenvalue weighted by atomic mass is 9.87. The Balaban J connectivity index is 1.12. The van der Waals surface area contributed by atoms with Gasteiger partial charge in [-0.15, -0.1) is 0 Å². The number of ether oxygens (including phenoxy) is 1. The molecule has 230 valence electrons. The van der Waals surface area contributed by atoms with Crippen molar-refractivity contribution in [2.24, 2.45) is 0 Å². The first-order valence-electron chi connectivity index (χ1n) is 15.1. The Morgan fingerprint density at radius 3 is 2.53 bits per heavy atom. The van der Waals surface area contributed by atoms with Crippen LogP contribution in [0.15, 0.2) is 18.5 Å². The van der Waals surface area contributed by atoms with Gasteiger partial charge in [0, 0.05) is 32.2 Å². The molecule has 1 amide bonds. The van der Waals surface area contributed by atoms with E-state index in [0.29, 0.717) is 37.4 Å². The molecule has 3 fully saturated rings. The van der Waals surface area contributed by atoms with E-state index in [1.54, 1.807) is 6.33 Å². The molecule has 4 aliphatic rings. The van der Waals surface area contributed by atoms with Crippen molar-refractivity contribution in [2.45, 2.75) is 44.8 Å². The Bertz CT molecular complexity index is 1540.